The number of carbonyl (C=O) groups is 1. The molecule has 0 bridgehead atoms. The molecule has 0 heterocycles. The van der Waals surface area contributed by atoms with Crippen LogP contribution in [-0.2, 0) is 0 Å². The predicted octanol–water partition coefficient (Wildman–Crippen LogP) is 4.38. The minimum atomic E-state index is -1.07. The predicted molar refractivity (Wildman–Crippen MR) is 97.9 cm³/mol. The molecule has 0 aliphatic carbocycles. The Morgan fingerprint density at radius 2 is 1.68 bits per heavy atom. The van der Waals surface area contributed by atoms with Gasteiger partial charge in [-0.2, -0.15) is 10.5 Å². The highest BCUT2D eigenvalue weighted by Gasteiger charge is 2.17. The van der Waals surface area contributed by atoms with Crippen molar-refractivity contribution in [2.75, 3.05) is 0 Å². The van der Waals surface area contributed by atoms with Crippen molar-refractivity contribution in [3.8, 4) is 23.6 Å². The van der Waals surface area contributed by atoms with E-state index in [2.05, 4.69) is 0 Å². The summed E-state index contributed by atoms with van der Waals surface area (Å²) in [6, 6.07) is 15.5. The van der Waals surface area contributed by atoms with E-state index in [1.807, 2.05) is 12.1 Å². The number of nitro benzene ring substituents is 1. The minimum absolute atomic E-state index is 0.0655. The molecular formula is C20H11N3O5. The Hall–Kier alpha value is -4.43. The van der Waals surface area contributed by atoms with Crippen molar-refractivity contribution in [2.24, 2.45) is 0 Å². The van der Waals surface area contributed by atoms with Crippen LogP contribution in [0.15, 0.2) is 48.5 Å². The fourth-order valence-corrected chi connectivity index (χ4v) is 2.71. The van der Waals surface area contributed by atoms with E-state index in [0.717, 1.165) is 0 Å². The first-order chi connectivity index (χ1) is 13.4. The van der Waals surface area contributed by atoms with Gasteiger partial charge < -0.3 is 9.47 Å². The summed E-state index contributed by atoms with van der Waals surface area (Å²) in [6.45, 7) is 1.56. The monoisotopic (exact) mass is 373 g/mol. The zero-order chi connectivity index (χ0) is 20.3. The Morgan fingerprint density at radius 1 is 1.00 bits per heavy atom. The van der Waals surface area contributed by atoms with Crippen LogP contribution in [-0.4, -0.2) is 11.1 Å². The van der Waals surface area contributed by atoms with Crippen molar-refractivity contribution >= 4 is 22.6 Å². The van der Waals surface area contributed by atoms with E-state index in [4.69, 9.17) is 9.47 Å². The molecule has 28 heavy (non-hydrogen) atoms. The third-order valence-corrected chi connectivity index (χ3v) is 4.00. The first-order valence-corrected chi connectivity index (χ1v) is 7.95. The Bertz CT molecular complexity index is 1200. The lowest BCUT2D eigenvalue weighted by atomic mass is 10.00. The maximum Gasteiger partial charge on any atom is 0.519 e. The molecule has 3 aromatic carbocycles. The average molecular weight is 373 g/mol. The van der Waals surface area contributed by atoms with Crippen molar-refractivity contribution in [1.82, 2.24) is 0 Å². The van der Waals surface area contributed by atoms with Crippen LogP contribution in [0.5, 0.6) is 11.5 Å². The number of carbonyl (C=O) groups excluding carboxylic acids is 1. The van der Waals surface area contributed by atoms with Crippen LogP contribution < -0.4 is 9.47 Å². The lowest BCUT2D eigenvalue weighted by Crippen LogP contribution is -2.14. The molecule has 0 atom stereocenters. The van der Waals surface area contributed by atoms with Gasteiger partial charge in [0, 0.05) is 22.9 Å². The number of rotatable bonds is 3. The lowest BCUT2D eigenvalue weighted by Gasteiger charge is -2.11. The van der Waals surface area contributed by atoms with Gasteiger partial charge in [0.25, 0.3) is 5.69 Å². The van der Waals surface area contributed by atoms with Gasteiger partial charge in [0.05, 0.1) is 28.2 Å². The van der Waals surface area contributed by atoms with E-state index in [-0.39, 0.29) is 22.7 Å². The van der Waals surface area contributed by atoms with Gasteiger partial charge in [-0.05, 0) is 36.8 Å². The molecule has 0 unspecified atom stereocenters. The van der Waals surface area contributed by atoms with Gasteiger partial charge in [-0.1, -0.05) is 12.1 Å². The molecular weight excluding hydrogens is 362 g/mol. The van der Waals surface area contributed by atoms with E-state index >= 15 is 0 Å². The molecule has 0 N–H and O–H groups in total. The molecule has 0 aliphatic rings. The molecule has 0 saturated carbocycles. The molecule has 136 valence electrons. The largest absolute Gasteiger partial charge is 0.519 e. The Balaban J connectivity index is 1.93. The SMILES string of the molecule is Cc1cc([N+](=O)[O-])ccc1OC(=O)Oc1cccc2c(C#N)ccc(C#N)c12. The summed E-state index contributed by atoms with van der Waals surface area (Å²) in [5, 5.41) is 30.2. The summed E-state index contributed by atoms with van der Waals surface area (Å²) in [5.41, 5.74) is 0.825. The van der Waals surface area contributed by atoms with Crippen molar-refractivity contribution in [1.29, 1.82) is 10.5 Å². The van der Waals surface area contributed by atoms with E-state index in [1.165, 1.54) is 36.4 Å². The fraction of sp³-hybridized carbons (Fsp3) is 0.0500. The van der Waals surface area contributed by atoms with Crippen LogP contribution in [0.4, 0.5) is 10.5 Å². The first-order valence-electron chi connectivity index (χ1n) is 7.95. The molecule has 8 heteroatoms. The summed E-state index contributed by atoms with van der Waals surface area (Å²) in [5.74, 6) is 0.171. The number of nitro groups is 1. The number of hydrogen-bond donors (Lipinski definition) is 0. The summed E-state index contributed by atoms with van der Waals surface area (Å²) in [4.78, 5) is 22.5. The topological polar surface area (TPSA) is 126 Å². The van der Waals surface area contributed by atoms with Crippen LogP contribution in [0.2, 0.25) is 0 Å². The van der Waals surface area contributed by atoms with E-state index in [0.29, 0.717) is 21.9 Å². The van der Waals surface area contributed by atoms with Crippen molar-refractivity contribution < 1.29 is 19.2 Å². The minimum Gasteiger partial charge on any atom is -0.394 e. The van der Waals surface area contributed by atoms with E-state index in [1.54, 1.807) is 19.1 Å². The zero-order valence-electron chi connectivity index (χ0n) is 14.5. The maximum absolute atomic E-state index is 12.2. The molecule has 8 nitrogen and oxygen atoms in total. The number of aryl methyl sites for hydroxylation is 1. The second-order valence-corrected chi connectivity index (χ2v) is 5.72. The second kappa shape index (κ2) is 7.44. The maximum atomic E-state index is 12.2. The van der Waals surface area contributed by atoms with Gasteiger partial charge in [-0.15, -0.1) is 0 Å². The van der Waals surface area contributed by atoms with Crippen molar-refractivity contribution in [3.05, 3.63) is 75.3 Å². The van der Waals surface area contributed by atoms with E-state index in [9.17, 15) is 25.4 Å². The highest BCUT2D eigenvalue weighted by Crippen LogP contribution is 2.32. The molecule has 0 saturated heterocycles. The van der Waals surface area contributed by atoms with Crippen LogP contribution in [0.3, 0.4) is 0 Å². The molecule has 0 amide bonds. The van der Waals surface area contributed by atoms with Gasteiger partial charge in [0.1, 0.15) is 11.5 Å². The third kappa shape index (κ3) is 3.43. The highest BCUT2D eigenvalue weighted by atomic mass is 16.7. The Morgan fingerprint density at radius 3 is 2.32 bits per heavy atom. The van der Waals surface area contributed by atoms with Gasteiger partial charge >= 0.3 is 6.16 Å². The van der Waals surface area contributed by atoms with Crippen molar-refractivity contribution in [3.63, 3.8) is 0 Å². The fourth-order valence-electron chi connectivity index (χ4n) is 2.71. The number of benzene rings is 3. The van der Waals surface area contributed by atoms with Gasteiger partial charge in [0.15, 0.2) is 0 Å². The summed E-state index contributed by atoms with van der Waals surface area (Å²) in [6.07, 6.45) is -1.07. The molecule has 0 fully saturated rings. The number of ether oxygens (including phenoxy) is 2. The summed E-state index contributed by atoms with van der Waals surface area (Å²) >= 11 is 0. The van der Waals surface area contributed by atoms with Gasteiger partial charge in [-0.25, -0.2) is 4.79 Å². The first kappa shape index (κ1) is 18.4. The lowest BCUT2D eigenvalue weighted by molar-refractivity contribution is -0.384. The zero-order valence-corrected chi connectivity index (χ0v) is 14.5. The number of fused-ring (bicyclic) bond motifs is 1. The van der Waals surface area contributed by atoms with Crippen LogP contribution in [0, 0.1) is 39.7 Å². The number of nitrogens with zero attached hydrogens (tertiary/aromatic N) is 3. The Kier molecular flexibility index (Phi) is 4.88. The highest BCUT2D eigenvalue weighted by molar-refractivity contribution is 5.97. The van der Waals surface area contributed by atoms with Gasteiger partial charge in [0.2, 0.25) is 0 Å². The molecule has 0 aliphatic heterocycles. The average Bonchev–Trinajstić information content (AvgIpc) is 2.68. The van der Waals surface area contributed by atoms with Crippen LogP contribution in [0.1, 0.15) is 16.7 Å². The second-order valence-electron chi connectivity index (χ2n) is 5.72. The van der Waals surface area contributed by atoms with Crippen molar-refractivity contribution in [2.45, 2.75) is 6.92 Å². The third-order valence-electron chi connectivity index (χ3n) is 4.00. The molecule has 0 aromatic heterocycles. The Labute approximate surface area is 158 Å². The molecule has 0 spiro atoms. The molecule has 0 radical (unpaired) electrons. The number of hydrogen-bond acceptors (Lipinski definition) is 7. The quantitative estimate of drug-likeness (QED) is 0.288. The van der Waals surface area contributed by atoms with Crippen LogP contribution >= 0.6 is 0 Å². The standard InChI is InChI=1S/C20H11N3O5/c1-12-9-15(23(25)26)7-8-17(12)27-20(24)28-18-4-2-3-16-13(10-21)5-6-14(11-22)19(16)18/h2-9H,1H3. The smallest absolute Gasteiger partial charge is 0.394 e. The van der Waals surface area contributed by atoms with E-state index < -0.39 is 11.1 Å². The normalized spacial score (nSPS) is 9.96. The summed E-state index contributed by atoms with van der Waals surface area (Å²) in [7, 11) is 0. The summed E-state index contributed by atoms with van der Waals surface area (Å²) < 4.78 is 10.4. The van der Waals surface area contributed by atoms with Gasteiger partial charge in [-0.3, -0.25) is 10.1 Å². The van der Waals surface area contributed by atoms with Crippen LogP contribution in [0.25, 0.3) is 10.8 Å². The molecule has 3 aromatic rings. The number of nitriles is 2. The molecule has 3 rings (SSSR count). The number of non-ortho nitro benzene ring substituents is 1.